The maximum atomic E-state index is 11.7. The van der Waals surface area contributed by atoms with E-state index < -0.39 is 5.54 Å². The van der Waals surface area contributed by atoms with Gasteiger partial charge in [0.2, 0.25) is 11.8 Å². The van der Waals surface area contributed by atoms with Crippen LogP contribution in [0.5, 0.6) is 0 Å². The predicted molar refractivity (Wildman–Crippen MR) is 60.7 cm³/mol. The number of hydrogen-bond acceptors (Lipinski definition) is 4. The number of nitrogens with two attached hydrogens (primary N) is 1. The minimum atomic E-state index is -0.837. The molecule has 1 rings (SSSR count). The summed E-state index contributed by atoms with van der Waals surface area (Å²) in [5.41, 5.74) is 5.80. The summed E-state index contributed by atoms with van der Waals surface area (Å²) in [4.78, 5) is 15.8. The number of carbonyl (C=O) groups excluding carboxylic acids is 1. The molecule has 1 amide bonds. The molecule has 0 aliphatic heterocycles. The number of nitrogens with one attached hydrogen (secondary N) is 1. The molecule has 0 radical (unpaired) electrons. The quantitative estimate of drug-likeness (QED) is 0.802. The summed E-state index contributed by atoms with van der Waals surface area (Å²) in [5, 5.41) is 2.71. The second-order valence-electron chi connectivity index (χ2n) is 4.20. The topological polar surface area (TPSA) is 81.2 Å². The van der Waals surface area contributed by atoms with Crippen LogP contribution in [0.4, 0.5) is 0 Å². The highest BCUT2D eigenvalue weighted by Crippen LogP contribution is 2.09. The Morgan fingerprint density at radius 1 is 1.56 bits per heavy atom. The van der Waals surface area contributed by atoms with Gasteiger partial charge in [-0.3, -0.25) is 4.79 Å². The van der Waals surface area contributed by atoms with Gasteiger partial charge in [0.1, 0.15) is 5.76 Å². The summed E-state index contributed by atoms with van der Waals surface area (Å²) in [6.07, 6.45) is 0.586. The monoisotopic (exact) mass is 225 g/mol. The van der Waals surface area contributed by atoms with E-state index in [1.165, 1.54) is 0 Å². The average Bonchev–Trinajstić information content (AvgIpc) is 2.55. The van der Waals surface area contributed by atoms with Crippen LogP contribution in [-0.4, -0.2) is 16.4 Å². The van der Waals surface area contributed by atoms with Gasteiger partial charge in [-0.25, -0.2) is 4.98 Å². The van der Waals surface area contributed by atoms with Crippen molar-refractivity contribution in [2.24, 2.45) is 5.73 Å². The van der Waals surface area contributed by atoms with E-state index in [2.05, 4.69) is 10.3 Å². The molecule has 5 nitrogen and oxygen atoms in total. The molecule has 1 aromatic heterocycles. The molecule has 1 aromatic rings. The SMILES string of the molecule is CCC(C)(N)C(=O)NCc1nc(C)c(C)o1. The van der Waals surface area contributed by atoms with E-state index in [0.29, 0.717) is 12.3 Å². The fourth-order valence-corrected chi connectivity index (χ4v) is 1.13. The normalized spacial score (nSPS) is 14.6. The van der Waals surface area contributed by atoms with Crippen LogP contribution >= 0.6 is 0 Å². The Labute approximate surface area is 95.4 Å². The van der Waals surface area contributed by atoms with E-state index in [-0.39, 0.29) is 12.5 Å². The van der Waals surface area contributed by atoms with Gasteiger partial charge in [-0.1, -0.05) is 6.92 Å². The van der Waals surface area contributed by atoms with Gasteiger partial charge in [0.05, 0.1) is 17.8 Å². The molecule has 5 heteroatoms. The van der Waals surface area contributed by atoms with E-state index in [0.717, 1.165) is 11.5 Å². The van der Waals surface area contributed by atoms with Crippen LogP contribution in [-0.2, 0) is 11.3 Å². The van der Waals surface area contributed by atoms with E-state index in [1.54, 1.807) is 6.92 Å². The summed E-state index contributed by atoms with van der Waals surface area (Å²) in [6.45, 7) is 7.56. The van der Waals surface area contributed by atoms with Crippen molar-refractivity contribution in [1.82, 2.24) is 10.3 Å². The number of rotatable bonds is 4. The lowest BCUT2D eigenvalue weighted by atomic mass is 10.00. The molecule has 0 spiro atoms. The molecule has 0 fully saturated rings. The lowest BCUT2D eigenvalue weighted by Gasteiger charge is -2.20. The molecule has 90 valence electrons. The first-order valence-electron chi connectivity index (χ1n) is 5.37. The van der Waals surface area contributed by atoms with E-state index in [1.807, 2.05) is 20.8 Å². The van der Waals surface area contributed by atoms with Crippen LogP contribution < -0.4 is 11.1 Å². The van der Waals surface area contributed by atoms with Crippen molar-refractivity contribution in [3.63, 3.8) is 0 Å². The van der Waals surface area contributed by atoms with E-state index in [9.17, 15) is 4.79 Å². The van der Waals surface area contributed by atoms with E-state index in [4.69, 9.17) is 10.2 Å². The van der Waals surface area contributed by atoms with Crippen molar-refractivity contribution in [3.8, 4) is 0 Å². The number of carbonyl (C=O) groups is 1. The molecule has 0 aromatic carbocycles. The van der Waals surface area contributed by atoms with Gasteiger partial charge in [0.15, 0.2) is 0 Å². The Hall–Kier alpha value is -1.36. The zero-order valence-electron chi connectivity index (χ0n) is 10.3. The Morgan fingerprint density at radius 3 is 2.62 bits per heavy atom. The van der Waals surface area contributed by atoms with Crippen molar-refractivity contribution in [2.45, 2.75) is 46.2 Å². The maximum Gasteiger partial charge on any atom is 0.240 e. The molecule has 0 aliphatic carbocycles. The first-order chi connectivity index (χ1) is 7.36. The molecule has 0 bridgehead atoms. The van der Waals surface area contributed by atoms with Gasteiger partial charge in [0.25, 0.3) is 0 Å². The molecule has 16 heavy (non-hydrogen) atoms. The third-order valence-electron chi connectivity index (χ3n) is 2.73. The van der Waals surface area contributed by atoms with Gasteiger partial charge in [0, 0.05) is 0 Å². The molecule has 0 aliphatic rings. The molecular weight excluding hydrogens is 206 g/mol. The zero-order chi connectivity index (χ0) is 12.3. The third-order valence-corrected chi connectivity index (χ3v) is 2.73. The Kier molecular flexibility index (Phi) is 3.70. The largest absolute Gasteiger partial charge is 0.444 e. The zero-order valence-corrected chi connectivity index (χ0v) is 10.3. The summed E-state index contributed by atoms with van der Waals surface area (Å²) in [7, 11) is 0. The van der Waals surface area contributed by atoms with Crippen LogP contribution in [0.1, 0.15) is 37.6 Å². The Bertz CT molecular complexity index is 363. The second kappa shape index (κ2) is 4.65. The van der Waals surface area contributed by atoms with Crippen molar-refractivity contribution >= 4 is 5.91 Å². The number of aryl methyl sites for hydroxylation is 2. The van der Waals surface area contributed by atoms with Gasteiger partial charge in [-0.15, -0.1) is 0 Å². The Balaban J connectivity index is 2.55. The third kappa shape index (κ3) is 2.82. The minimum Gasteiger partial charge on any atom is -0.444 e. The first-order valence-corrected chi connectivity index (χ1v) is 5.37. The van der Waals surface area contributed by atoms with Gasteiger partial charge in [-0.2, -0.15) is 0 Å². The number of nitrogens with zero attached hydrogens (tertiary/aromatic N) is 1. The van der Waals surface area contributed by atoms with Crippen molar-refractivity contribution in [2.75, 3.05) is 0 Å². The minimum absolute atomic E-state index is 0.191. The molecule has 3 N–H and O–H groups in total. The van der Waals surface area contributed by atoms with Crippen molar-refractivity contribution in [1.29, 1.82) is 0 Å². The number of amides is 1. The standard InChI is InChI=1S/C11H19N3O2/c1-5-11(4,12)10(15)13-6-9-14-7(2)8(3)16-9/h5-6,12H2,1-4H3,(H,13,15). The van der Waals surface area contributed by atoms with Crippen LogP contribution in [0.25, 0.3) is 0 Å². The Morgan fingerprint density at radius 2 is 2.19 bits per heavy atom. The van der Waals surface area contributed by atoms with Crippen molar-refractivity contribution < 1.29 is 9.21 Å². The highest BCUT2D eigenvalue weighted by Gasteiger charge is 2.25. The molecule has 1 unspecified atom stereocenters. The lowest BCUT2D eigenvalue weighted by Crippen LogP contribution is -2.50. The fourth-order valence-electron chi connectivity index (χ4n) is 1.13. The fraction of sp³-hybridized carbons (Fsp3) is 0.636. The van der Waals surface area contributed by atoms with E-state index >= 15 is 0 Å². The maximum absolute atomic E-state index is 11.7. The highest BCUT2D eigenvalue weighted by atomic mass is 16.4. The van der Waals surface area contributed by atoms with Crippen molar-refractivity contribution in [3.05, 3.63) is 17.3 Å². The molecule has 1 heterocycles. The second-order valence-corrected chi connectivity index (χ2v) is 4.20. The highest BCUT2D eigenvalue weighted by molar-refractivity contribution is 5.85. The average molecular weight is 225 g/mol. The molecule has 0 saturated carbocycles. The van der Waals surface area contributed by atoms with Gasteiger partial charge < -0.3 is 15.5 Å². The molecule has 0 saturated heterocycles. The predicted octanol–water partition coefficient (Wildman–Crippen LogP) is 1.04. The van der Waals surface area contributed by atoms with Gasteiger partial charge in [-0.05, 0) is 27.2 Å². The summed E-state index contributed by atoms with van der Waals surface area (Å²) >= 11 is 0. The lowest BCUT2D eigenvalue weighted by molar-refractivity contribution is -0.126. The summed E-state index contributed by atoms with van der Waals surface area (Å²) in [6, 6.07) is 0. The van der Waals surface area contributed by atoms with Crippen LogP contribution in [0, 0.1) is 13.8 Å². The summed E-state index contributed by atoms with van der Waals surface area (Å²) < 4.78 is 5.34. The van der Waals surface area contributed by atoms with Crippen LogP contribution in [0.15, 0.2) is 4.42 Å². The number of oxazole rings is 1. The summed E-state index contributed by atoms with van der Waals surface area (Å²) in [5.74, 6) is 1.09. The van der Waals surface area contributed by atoms with Crippen LogP contribution in [0.3, 0.4) is 0 Å². The van der Waals surface area contributed by atoms with Crippen LogP contribution in [0.2, 0.25) is 0 Å². The van der Waals surface area contributed by atoms with Gasteiger partial charge >= 0.3 is 0 Å². The molecular formula is C11H19N3O2. The first kappa shape index (κ1) is 12.7. The number of hydrogen-bond donors (Lipinski definition) is 2. The number of aromatic nitrogens is 1. The molecule has 1 atom stereocenters. The smallest absolute Gasteiger partial charge is 0.240 e.